The van der Waals surface area contributed by atoms with Gasteiger partial charge in [-0.15, -0.1) is 0 Å². The van der Waals surface area contributed by atoms with E-state index in [1.165, 1.54) is 0 Å². The van der Waals surface area contributed by atoms with Crippen molar-refractivity contribution in [2.45, 2.75) is 31.9 Å². The lowest BCUT2D eigenvalue weighted by Crippen LogP contribution is -2.46. The van der Waals surface area contributed by atoms with Gasteiger partial charge in [-0.2, -0.15) is 0 Å². The highest BCUT2D eigenvalue weighted by atomic mass is 19.1. The second-order valence-corrected chi connectivity index (χ2v) is 4.68. The third kappa shape index (κ3) is 3.92. The van der Waals surface area contributed by atoms with Crippen LogP contribution in [-0.2, 0) is 0 Å². The Morgan fingerprint density at radius 2 is 2.11 bits per heavy atom. The van der Waals surface area contributed by atoms with E-state index in [0.717, 1.165) is 18.2 Å². The van der Waals surface area contributed by atoms with Gasteiger partial charge in [-0.05, 0) is 33.0 Å². The van der Waals surface area contributed by atoms with Crippen molar-refractivity contribution in [1.82, 2.24) is 5.32 Å². The zero-order valence-electron chi connectivity index (χ0n) is 10.8. The van der Waals surface area contributed by atoms with Crippen molar-refractivity contribution in [3.05, 3.63) is 29.8 Å². The summed E-state index contributed by atoms with van der Waals surface area (Å²) < 4.78 is 31.7. The standard InChI is InChI=1S/C13H19F2NO2/c1-9(7-13(2,8-17)16-3)18-12-6-10(14)4-5-11(12)15/h4-6,9,16-17H,7-8H2,1-3H3. The van der Waals surface area contributed by atoms with E-state index in [0.29, 0.717) is 6.42 Å². The lowest BCUT2D eigenvalue weighted by Gasteiger charge is -2.30. The summed E-state index contributed by atoms with van der Waals surface area (Å²) in [5.41, 5.74) is -0.511. The summed E-state index contributed by atoms with van der Waals surface area (Å²) in [5.74, 6) is -1.26. The Morgan fingerprint density at radius 3 is 2.67 bits per heavy atom. The molecule has 0 amide bonds. The van der Waals surface area contributed by atoms with E-state index in [2.05, 4.69) is 5.32 Å². The average Bonchev–Trinajstić information content (AvgIpc) is 2.33. The predicted octanol–water partition coefficient (Wildman–Crippen LogP) is 2.09. The van der Waals surface area contributed by atoms with Crippen LogP contribution in [0.4, 0.5) is 8.78 Å². The van der Waals surface area contributed by atoms with Crippen molar-refractivity contribution in [1.29, 1.82) is 0 Å². The fraction of sp³-hybridized carbons (Fsp3) is 0.538. The maximum Gasteiger partial charge on any atom is 0.165 e. The van der Waals surface area contributed by atoms with Crippen LogP contribution in [0, 0.1) is 11.6 Å². The summed E-state index contributed by atoms with van der Waals surface area (Å²) >= 11 is 0. The van der Waals surface area contributed by atoms with Crippen LogP contribution >= 0.6 is 0 Å². The topological polar surface area (TPSA) is 41.5 Å². The number of benzene rings is 1. The van der Waals surface area contributed by atoms with E-state index >= 15 is 0 Å². The van der Waals surface area contributed by atoms with Gasteiger partial charge in [0.15, 0.2) is 11.6 Å². The first-order valence-corrected chi connectivity index (χ1v) is 5.81. The summed E-state index contributed by atoms with van der Waals surface area (Å²) in [6.45, 7) is 3.51. The molecule has 2 unspecified atom stereocenters. The van der Waals surface area contributed by atoms with Gasteiger partial charge in [-0.1, -0.05) is 0 Å². The Kier molecular flexibility index (Phi) is 5.04. The molecule has 1 aromatic rings. The highest BCUT2D eigenvalue weighted by molar-refractivity contribution is 5.25. The van der Waals surface area contributed by atoms with Crippen molar-refractivity contribution in [3.63, 3.8) is 0 Å². The van der Waals surface area contributed by atoms with E-state index in [1.54, 1.807) is 14.0 Å². The average molecular weight is 259 g/mol. The second-order valence-electron chi connectivity index (χ2n) is 4.68. The molecule has 0 aliphatic carbocycles. The Balaban J connectivity index is 2.70. The smallest absolute Gasteiger partial charge is 0.165 e. The maximum atomic E-state index is 13.4. The van der Waals surface area contributed by atoms with Gasteiger partial charge in [-0.25, -0.2) is 8.78 Å². The summed E-state index contributed by atoms with van der Waals surface area (Å²) in [6, 6.07) is 3.08. The highest BCUT2D eigenvalue weighted by Crippen LogP contribution is 2.22. The van der Waals surface area contributed by atoms with E-state index in [4.69, 9.17) is 4.74 Å². The monoisotopic (exact) mass is 259 g/mol. The first-order chi connectivity index (χ1) is 8.40. The quantitative estimate of drug-likeness (QED) is 0.822. The molecule has 18 heavy (non-hydrogen) atoms. The Bertz CT molecular complexity index is 395. The Hall–Kier alpha value is -1.20. The van der Waals surface area contributed by atoms with Crippen LogP contribution in [0.15, 0.2) is 18.2 Å². The van der Waals surface area contributed by atoms with Crippen LogP contribution in [0.3, 0.4) is 0 Å². The van der Waals surface area contributed by atoms with Crippen molar-refractivity contribution in [2.75, 3.05) is 13.7 Å². The largest absolute Gasteiger partial charge is 0.487 e. The minimum absolute atomic E-state index is 0.0666. The van der Waals surface area contributed by atoms with Gasteiger partial charge in [0.05, 0.1) is 12.7 Å². The number of aliphatic hydroxyl groups is 1. The molecule has 1 rings (SSSR count). The van der Waals surface area contributed by atoms with Crippen LogP contribution in [0.2, 0.25) is 0 Å². The van der Waals surface area contributed by atoms with E-state index in [9.17, 15) is 13.9 Å². The molecule has 0 radical (unpaired) electrons. The summed E-state index contributed by atoms with van der Waals surface area (Å²) in [6.07, 6.45) is 0.113. The molecule has 102 valence electrons. The maximum absolute atomic E-state index is 13.4. The fourth-order valence-electron chi connectivity index (χ4n) is 1.71. The molecule has 5 heteroatoms. The molecule has 0 heterocycles. The molecule has 1 aromatic carbocycles. The molecular formula is C13H19F2NO2. The van der Waals surface area contributed by atoms with Crippen molar-refractivity contribution >= 4 is 0 Å². The van der Waals surface area contributed by atoms with Crippen LogP contribution in [-0.4, -0.2) is 30.4 Å². The third-order valence-electron chi connectivity index (χ3n) is 2.91. The third-order valence-corrected chi connectivity index (χ3v) is 2.91. The number of hydrogen-bond donors (Lipinski definition) is 2. The number of ether oxygens (including phenoxy) is 1. The van der Waals surface area contributed by atoms with Gasteiger partial charge in [-0.3, -0.25) is 0 Å². The van der Waals surface area contributed by atoms with Crippen LogP contribution in [0.5, 0.6) is 5.75 Å². The van der Waals surface area contributed by atoms with Crippen molar-refractivity contribution in [3.8, 4) is 5.75 Å². The van der Waals surface area contributed by atoms with Crippen LogP contribution < -0.4 is 10.1 Å². The van der Waals surface area contributed by atoms with Crippen molar-refractivity contribution < 1.29 is 18.6 Å². The predicted molar refractivity (Wildman–Crippen MR) is 65.6 cm³/mol. The molecule has 0 aliphatic rings. The molecule has 0 aliphatic heterocycles. The lowest BCUT2D eigenvalue weighted by molar-refractivity contribution is 0.112. The van der Waals surface area contributed by atoms with Gasteiger partial charge >= 0.3 is 0 Å². The molecule has 0 saturated heterocycles. The van der Waals surface area contributed by atoms with Crippen molar-refractivity contribution in [2.24, 2.45) is 0 Å². The summed E-state index contributed by atoms with van der Waals surface area (Å²) in [4.78, 5) is 0. The summed E-state index contributed by atoms with van der Waals surface area (Å²) in [5, 5.41) is 12.2. The minimum atomic E-state index is -0.599. The first-order valence-electron chi connectivity index (χ1n) is 5.81. The molecule has 0 bridgehead atoms. The molecular weight excluding hydrogens is 240 g/mol. The normalized spacial score (nSPS) is 16.1. The zero-order chi connectivity index (χ0) is 13.8. The summed E-state index contributed by atoms with van der Waals surface area (Å²) in [7, 11) is 1.73. The van der Waals surface area contributed by atoms with Gasteiger partial charge in [0, 0.05) is 18.0 Å². The molecule has 2 N–H and O–H groups in total. The van der Waals surface area contributed by atoms with Gasteiger partial charge in [0.1, 0.15) is 5.82 Å². The number of aliphatic hydroxyl groups excluding tert-OH is 1. The fourth-order valence-corrected chi connectivity index (χ4v) is 1.71. The molecule has 0 aromatic heterocycles. The van der Waals surface area contributed by atoms with Gasteiger partial charge < -0.3 is 15.2 Å². The molecule has 0 saturated carbocycles. The first kappa shape index (κ1) is 14.9. The van der Waals surface area contributed by atoms with E-state index < -0.39 is 17.2 Å². The Morgan fingerprint density at radius 1 is 1.44 bits per heavy atom. The number of hydrogen-bond acceptors (Lipinski definition) is 3. The number of likely N-dealkylation sites (N-methyl/N-ethyl adjacent to an activating group) is 1. The number of nitrogens with one attached hydrogen (secondary N) is 1. The SMILES string of the molecule is CNC(C)(CO)CC(C)Oc1cc(F)ccc1F. The van der Waals surface area contributed by atoms with E-state index in [-0.39, 0.29) is 18.5 Å². The molecule has 3 nitrogen and oxygen atoms in total. The molecule has 0 fully saturated rings. The lowest BCUT2D eigenvalue weighted by atomic mass is 9.96. The second kappa shape index (κ2) is 6.11. The zero-order valence-corrected chi connectivity index (χ0v) is 10.8. The minimum Gasteiger partial charge on any atom is -0.487 e. The van der Waals surface area contributed by atoms with Gasteiger partial charge in [0.2, 0.25) is 0 Å². The van der Waals surface area contributed by atoms with Crippen LogP contribution in [0.1, 0.15) is 20.3 Å². The molecule has 2 atom stereocenters. The number of halogens is 2. The van der Waals surface area contributed by atoms with Crippen LogP contribution in [0.25, 0.3) is 0 Å². The Labute approximate surface area is 106 Å². The van der Waals surface area contributed by atoms with Gasteiger partial charge in [0.25, 0.3) is 0 Å². The highest BCUT2D eigenvalue weighted by Gasteiger charge is 2.25. The molecule has 0 spiro atoms. The number of rotatable bonds is 6. The van der Waals surface area contributed by atoms with E-state index in [1.807, 2.05) is 6.92 Å².